The van der Waals surface area contributed by atoms with Gasteiger partial charge in [-0.15, -0.1) is 0 Å². The average Bonchev–Trinajstić information content (AvgIpc) is 2.06. The second kappa shape index (κ2) is 3.20. The van der Waals surface area contributed by atoms with Crippen molar-refractivity contribution < 1.29 is 4.79 Å². The Morgan fingerprint density at radius 1 is 1.17 bits per heavy atom. The molecule has 0 unspecified atom stereocenters. The van der Waals surface area contributed by atoms with E-state index in [-0.39, 0.29) is 10.8 Å². The van der Waals surface area contributed by atoms with Crippen LogP contribution in [0.5, 0.6) is 0 Å². The summed E-state index contributed by atoms with van der Waals surface area (Å²) in [4.78, 5) is 10.9. The number of hydrogen-bond acceptors (Lipinski definition) is 1. The number of carbonyl (C=O) groups is 1. The zero-order valence-electron chi connectivity index (χ0n) is 8.52. The topological polar surface area (TPSA) is 17.1 Å². The lowest BCUT2D eigenvalue weighted by Crippen LogP contribution is -2.38. The lowest BCUT2D eigenvalue weighted by molar-refractivity contribution is -0.122. The minimum atomic E-state index is -0.132. The first-order valence-corrected chi connectivity index (χ1v) is 4.98. The molecule has 0 aromatic carbocycles. The lowest BCUT2D eigenvalue weighted by atomic mass is 9.60. The van der Waals surface area contributed by atoms with Crippen LogP contribution in [0.2, 0.25) is 0 Å². The molecule has 0 bridgehead atoms. The van der Waals surface area contributed by atoms with Crippen molar-refractivity contribution in [3.63, 3.8) is 0 Å². The molecule has 1 aliphatic rings. The zero-order chi connectivity index (χ0) is 9.24. The quantitative estimate of drug-likeness (QED) is 0.579. The van der Waals surface area contributed by atoms with E-state index >= 15 is 0 Å². The molecule has 0 spiro atoms. The molecule has 0 amide bonds. The molecule has 1 aliphatic carbocycles. The van der Waals surface area contributed by atoms with Gasteiger partial charge < -0.3 is 4.79 Å². The van der Waals surface area contributed by atoms with Crippen molar-refractivity contribution in [3.05, 3.63) is 0 Å². The van der Waals surface area contributed by atoms with Crippen LogP contribution >= 0.6 is 0 Å². The molecule has 1 fully saturated rings. The fraction of sp³-hybridized carbons (Fsp3) is 0.909. The SMILES string of the molecule is CC(C)(C=O)C1(C)CCCCC1. The predicted molar refractivity (Wildman–Crippen MR) is 51.0 cm³/mol. The van der Waals surface area contributed by atoms with Crippen LogP contribution < -0.4 is 0 Å². The number of carbonyl (C=O) groups excluding carboxylic acids is 1. The van der Waals surface area contributed by atoms with E-state index in [0.717, 1.165) is 6.29 Å². The van der Waals surface area contributed by atoms with Crippen LogP contribution in [-0.4, -0.2) is 6.29 Å². The van der Waals surface area contributed by atoms with Crippen LogP contribution in [0.1, 0.15) is 52.9 Å². The third kappa shape index (κ3) is 1.55. The van der Waals surface area contributed by atoms with Crippen molar-refractivity contribution in [1.82, 2.24) is 0 Å². The number of hydrogen-bond donors (Lipinski definition) is 0. The second-order valence-electron chi connectivity index (χ2n) is 4.96. The van der Waals surface area contributed by atoms with Gasteiger partial charge in [-0.25, -0.2) is 0 Å². The molecule has 70 valence electrons. The fourth-order valence-electron chi connectivity index (χ4n) is 2.12. The van der Waals surface area contributed by atoms with Crippen LogP contribution in [0.4, 0.5) is 0 Å². The molecule has 12 heavy (non-hydrogen) atoms. The maximum Gasteiger partial charge on any atom is 0.126 e. The predicted octanol–water partition coefficient (Wildman–Crippen LogP) is 3.18. The molecule has 0 aliphatic heterocycles. The molecule has 0 aromatic heterocycles. The number of rotatable bonds is 2. The summed E-state index contributed by atoms with van der Waals surface area (Å²) < 4.78 is 0. The van der Waals surface area contributed by atoms with Gasteiger partial charge in [0.15, 0.2) is 0 Å². The van der Waals surface area contributed by atoms with Gasteiger partial charge in [0.05, 0.1) is 0 Å². The van der Waals surface area contributed by atoms with Crippen LogP contribution in [0.25, 0.3) is 0 Å². The van der Waals surface area contributed by atoms with E-state index in [0.29, 0.717) is 0 Å². The second-order valence-corrected chi connectivity index (χ2v) is 4.96. The van der Waals surface area contributed by atoms with Crippen LogP contribution in [0, 0.1) is 10.8 Å². The summed E-state index contributed by atoms with van der Waals surface area (Å²) >= 11 is 0. The zero-order valence-corrected chi connectivity index (χ0v) is 8.52. The van der Waals surface area contributed by atoms with Gasteiger partial charge in [-0.1, -0.05) is 40.0 Å². The minimum Gasteiger partial charge on any atom is -0.303 e. The molecule has 0 N–H and O–H groups in total. The Morgan fingerprint density at radius 3 is 2.08 bits per heavy atom. The summed E-state index contributed by atoms with van der Waals surface area (Å²) in [6.45, 7) is 6.41. The summed E-state index contributed by atoms with van der Waals surface area (Å²) in [5.41, 5.74) is 0.125. The maximum atomic E-state index is 10.9. The van der Waals surface area contributed by atoms with Gasteiger partial charge in [0.25, 0.3) is 0 Å². The average molecular weight is 168 g/mol. The first kappa shape index (κ1) is 9.76. The molecule has 1 heteroatoms. The van der Waals surface area contributed by atoms with Crippen molar-refractivity contribution in [2.45, 2.75) is 52.9 Å². The highest BCUT2D eigenvalue weighted by Crippen LogP contribution is 2.48. The summed E-state index contributed by atoms with van der Waals surface area (Å²) in [5.74, 6) is 0. The van der Waals surface area contributed by atoms with Crippen molar-refractivity contribution >= 4 is 6.29 Å². The van der Waals surface area contributed by atoms with Crippen LogP contribution in [0.15, 0.2) is 0 Å². The molecule has 0 aromatic rings. The molecule has 0 radical (unpaired) electrons. The Kier molecular flexibility index (Phi) is 2.60. The summed E-state index contributed by atoms with van der Waals surface area (Å²) in [6.07, 6.45) is 7.53. The van der Waals surface area contributed by atoms with E-state index < -0.39 is 0 Å². The van der Waals surface area contributed by atoms with E-state index in [2.05, 4.69) is 20.8 Å². The Morgan fingerprint density at radius 2 is 1.67 bits per heavy atom. The first-order valence-electron chi connectivity index (χ1n) is 4.98. The van der Waals surface area contributed by atoms with E-state index in [4.69, 9.17) is 0 Å². The van der Waals surface area contributed by atoms with Gasteiger partial charge in [0, 0.05) is 5.41 Å². The van der Waals surface area contributed by atoms with E-state index in [1.165, 1.54) is 32.1 Å². The van der Waals surface area contributed by atoms with Crippen molar-refractivity contribution in [2.24, 2.45) is 10.8 Å². The molecular weight excluding hydrogens is 148 g/mol. The van der Waals surface area contributed by atoms with Gasteiger partial charge in [0.1, 0.15) is 6.29 Å². The standard InChI is InChI=1S/C11H20O/c1-10(2,9-12)11(3)7-5-4-6-8-11/h9H,4-8H2,1-3H3. The van der Waals surface area contributed by atoms with Crippen LogP contribution in [0.3, 0.4) is 0 Å². The Balaban J connectivity index is 2.74. The Labute approximate surface area is 75.5 Å². The summed E-state index contributed by atoms with van der Waals surface area (Å²) in [6, 6.07) is 0. The molecule has 1 rings (SSSR count). The minimum absolute atomic E-state index is 0.132. The Hall–Kier alpha value is -0.330. The van der Waals surface area contributed by atoms with E-state index in [9.17, 15) is 4.79 Å². The van der Waals surface area contributed by atoms with Gasteiger partial charge in [-0.05, 0) is 18.3 Å². The van der Waals surface area contributed by atoms with Crippen molar-refractivity contribution in [3.8, 4) is 0 Å². The fourth-order valence-corrected chi connectivity index (χ4v) is 2.12. The molecular formula is C11H20O. The van der Waals surface area contributed by atoms with Gasteiger partial charge in [-0.2, -0.15) is 0 Å². The highest BCUT2D eigenvalue weighted by molar-refractivity contribution is 5.59. The third-order valence-electron chi connectivity index (χ3n) is 3.81. The normalized spacial score (nSPS) is 23.6. The lowest BCUT2D eigenvalue weighted by Gasteiger charge is -2.43. The Bertz CT molecular complexity index is 164. The molecule has 1 saturated carbocycles. The highest BCUT2D eigenvalue weighted by Gasteiger charge is 2.41. The van der Waals surface area contributed by atoms with Gasteiger partial charge in [-0.3, -0.25) is 0 Å². The summed E-state index contributed by atoms with van der Waals surface area (Å²) in [7, 11) is 0. The monoisotopic (exact) mass is 168 g/mol. The molecule has 0 heterocycles. The highest BCUT2D eigenvalue weighted by atomic mass is 16.1. The number of aldehydes is 1. The van der Waals surface area contributed by atoms with Crippen LogP contribution in [-0.2, 0) is 4.79 Å². The molecule has 1 nitrogen and oxygen atoms in total. The molecule has 0 atom stereocenters. The maximum absolute atomic E-state index is 10.9. The summed E-state index contributed by atoms with van der Waals surface area (Å²) in [5, 5.41) is 0. The van der Waals surface area contributed by atoms with Gasteiger partial charge >= 0.3 is 0 Å². The van der Waals surface area contributed by atoms with E-state index in [1.54, 1.807) is 0 Å². The van der Waals surface area contributed by atoms with Crippen molar-refractivity contribution in [1.29, 1.82) is 0 Å². The third-order valence-corrected chi connectivity index (χ3v) is 3.81. The van der Waals surface area contributed by atoms with Gasteiger partial charge in [0.2, 0.25) is 0 Å². The van der Waals surface area contributed by atoms with E-state index in [1.807, 2.05) is 0 Å². The smallest absolute Gasteiger partial charge is 0.126 e. The van der Waals surface area contributed by atoms with Crippen molar-refractivity contribution in [2.75, 3.05) is 0 Å². The molecule has 0 saturated heterocycles. The first-order chi connectivity index (χ1) is 5.52. The largest absolute Gasteiger partial charge is 0.303 e.